The van der Waals surface area contributed by atoms with Crippen molar-refractivity contribution in [1.82, 2.24) is 10.1 Å². The Labute approximate surface area is 162 Å². The number of aryl methyl sites for hydroxylation is 1. The Morgan fingerprint density at radius 2 is 1.93 bits per heavy atom. The topological polar surface area (TPSA) is 94.3 Å². The summed E-state index contributed by atoms with van der Waals surface area (Å²) in [6, 6.07) is 10.8. The van der Waals surface area contributed by atoms with E-state index in [4.69, 9.17) is 20.9 Å². The number of methoxy groups -OCH3 is 1. The van der Waals surface area contributed by atoms with Crippen molar-refractivity contribution in [3.63, 3.8) is 0 Å². The van der Waals surface area contributed by atoms with Crippen LogP contribution in [0.4, 0.5) is 5.69 Å². The van der Waals surface area contributed by atoms with Crippen molar-refractivity contribution in [3.8, 4) is 17.2 Å². The van der Waals surface area contributed by atoms with E-state index in [1.165, 1.54) is 19.2 Å². The van der Waals surface area contributed by atoms with Gasteiger partial charge in [-0.15, -0.1) is 0 Å². The molecule has 3 aromatic rings. The molecule has 27 heavy (non-hydrogen) atoms. The van der Waals surface area contributed by atoms with Crippen molar-refractivity contribution >= 4 is 27.3 Å². The van der Waals surface area contributed by atoms with Crippen LogP contribution in [0, 0.1) is 0 Å². The zero-order valence-electron chi connectivity index (χ0n) is 14.8. The molecule has 142 valence electrons. The van der Waals surface area contributed by atoms with Crippen LogP contribution in [0.3, 0.4) is 0 Å². The largest absolute Gasteiger partial charge is 0.496 e. The third-order valence-corrected chi connectivity index (χ3v) is 5.38. The molecule has 3 rings (SSSR count). The molecule has 1 N–H and O–H groups in total. The number of halogens is 1. The van der Waals surface area contributed by atoms with Crippen molar-refractivity contribution in [2.75, 3.05) is 11.8 Å². The van der Waals surface area contributed by atoms with Crippen LogP contribution in [-0.2, 0) is 16.4 Å². The molecular formula is C18H18ClN3O4S. The first-order valence-electron chi connectivity index (χ1n) is 8.22. The minimum absolute atomic E-state index is 0.0449. The predicted molar refractivity (Wildman–Crippen MR) is 103 cm³/mol. The molecular weight excluding hydrogens is 390 g/mol. The van der Waals surface area contributed by atoms with E-state index >= 15 is 0 Å². The predicted octanol–water partition coefficient (Wildman–Crippen LogP) is 4.15. The summed E-state index contributed by atoms with van der Waals surface area (Å²) < 4.78 is 38.5. The van der Waals surface area contributed by atoms with Gasteiger partial charge in [0, 0.05) is 17.1 Å². The summed E-state index contributed by atoms with van der Waals surface area (Å²) in [5.41, 5.74) is 0.811. The number of sulfonamides is 1. The molecule has 0 bridgehead atoms. The van der Waals surface area contributed by atoms with Gasteiger partial charge in [0.05, 0.1) is 17.6 Å². The second-order valence-corrected chi connectivity index (χ2v) is 7.86. The van der Waals surface area contributed by atoms with E-state index < -0.39 is 10.0 Å². The van der Waals surface area contributed by atoms with Gasteiger partial charge in [0.2, 0.25) is 0 Å². The number of anilines is 1. The summed E-state index contributed by atoms with van der Waals surface area (Å²) in [5.74, 6) is 1.20. The van der Waals surface area contributed by atoms with Crippen LogP contribution in [0.1, 0.15) is 19.2 Å². The molecule has 0 aliphatic heterocycles. The second kappa shape index (κ2) is 7.98. The van der Waals surface area contributed by atoms with E-state index in [-0.39, 0.29) is 10.8 Å². The van der Waals surface area contributed by atoms with E-state index in [9.17, 15) is 8.42 Å². The van der Waals surface area contributed by atoms with Crippen molar-refractivity contribution in [3.05, 3.63) is 53.3 Å². The maximum atomic E-state index is 12.7. The lowest BCUT2D eigenvalue weighted by molar-refractivity contribution is 0.402. The molecule has 0 atom stereocenters. The molecule has 0 saturated carbocycles. The Morgan fingerprint density at radius 3 is 2.59 bits per heavy atom. The highest BCUT2D eigenvalue weighted by Crippen LogP contribution is 2.32. The summed E-state index contributed by atoms with van der Waals surface area (Å²) in [4.78, 5) is 4.35. The smallest absolute Gasteiger partial charge is 0.261 e. The Hall–Kier alpha value is -2.58. The van der Waals surface area contributed by atoms with Crippen LogP contribution < -0.4 is 9.46 Å². The highest BCUT2D eigenvalue weighted by Gasteiger charge is 2.20. The van der Waals surface area contributed by atoms with Gasteiger partial charge in [0.15, 0.2) is 5.82 Å². The Morgan fingerprint density at radius 1 is 1.19 bits per heavy atom. The second-order valence-electron chi connectivity index (χ2n) is 5.74. The first-order chi connectivity index (χ1) is 12.9. The molecule has 0 aliphatic rings. The van der Waals surface area contributed by atoms with E-state index in [0.29, 0.717) is 34.3 Å². The minimum atomic E-state index is -3.82. The molecule has 7 nitrogen and oxygen atoms in total. The molecule has 0 saturated heterocycles. The van der Waals surface area contributed by atoms with Crippen LogP contribution >= 0.6 is 11.6 Å². The quantitative estimate of drug-likeness (QED) is 0.632. The van der Waals surface area contributed by atoms with Gasteiger partial charge in [-0.3, -0.25) is 4.72 Å². The third-order valence-electron chi connectivity index (χ3n) is 3.75. The van der Waals surface area contributed by atoms with Gasteiger partial charge >= 0.3 is 0 Å². The van der Waals surface area contributed by atoms with Crippen LogP contribution in [0.2, 0.25) is 5.02 Å². The van der Waals surface area contributed by atoms with Gasteiger partial charge in [-0.25, -0.2) is 8.42 Å². The molecule has 0 unspecified atom stereocenters. The van der Waals surface area contributed by atoms with E-state index in [1.54, 1.807) is 30.3 Å². The molecule has 1 heterocycles. The number of ether oxygens (including phenoxy) is 1. The number of nitrogens with zero attached hydrogens (tertiary/aromatic N) is 2. The summed E-state index contributed by atoms with van der Waals surface area (Å²) in [6.07, 6.45) is 1.54. The van der Waals surface area contributed by atoms with E-state index in [1.807, 2.05) is 6.92 Å². The number of aromatic nitrogens is 2. The highest BCUT2D eigenvalue weighted by molar-refractivity contribution is 7.92. The average molecular weight is 408 g/mol. The van der Waals surface area contributed by atoms with Gasteiger partial charge in [-0.2, -0.15) is 4.98 Å². The lowest BCUT2D eigenvalue weighted by Gasteiger charge is -2.11. The summed E-state index contributed by atoms with van der Waals surface area (Å²) in [7, 11) is -2.34. The number of benzene rings is 2. The molecule has 9 heteroatoms. The molecule has 0 fully saturated rings. The Bertz CT molecular complexity index is 1030. The molecule has 1 aromatic heterocycles. The monoisotopic (exact) mass is 407 g/mol. The Balaban J connectivity index is 1.97. The van der Waals surface area contributed by atoms with Gasteiger partial charge in [-0.05, 0) is 48.9 Å². The van der Waals surface area contributed by atoms with Gasteiger partial charge < -0.3 is 9.26 Å². The maximum absolute atomic E-state index is 12.7. The van der Waals surface area contributed by atoms with Gasteiger partial charge in [0.25, 0.3) is 15.9 Å². The highest BCUT2D eigenvalue weighted by atomic mass is 35.5. The molecule has 2 aromatic carbocycles. The normalized spacial score (nSPS) is 11.4. The number of rotatable bonds is 7. The fourth-order valence-electron chi connectivity index (χ4n) is 2.44. The van der Waals surface area contributed by atoms with Crippen molar-refractivity contribution in [2.45, 2.75) is 24.7 Å². The molecule has 0 radical (unpaired) electrons. The molecule has 0 amide bonds. The standard InChI is InChI=1S/C18H18ClN3O4S/c1-3-4-17-20-18(26-21-17)15-11-14(9-10-16(15)25-2)27(23,24)22-13-7-5-12(19)6-8-13/h5-11,22H,3-4H2,1-2H3. The zero-order chi connectivity index (χ0) is 19.4. The summed E-state index contributed by atoms with van der Waals surface area (Å²) >= 11 is 5.83. The third kappa shape index (κ3) is 4.40. The van der Waals surface area contributed by atoms with Crippen LogP contribution in [-0.4, -0.2) is 25.7 Å². The number of hydrogen-bond acceptors (Lipinski definition) is 6. The zero-order valence-corrected chi connectivity index (χ0v) is 16.3. The van der Waals surface area contributed by atoms with Gasteiger partial charge in [0.1, 0.15) is 5.75 Å². The fraction of sp³-hybridized carbons (Fsp3) is 0.222. The SMILES string of the molecule is CCCc1noc(-c2cc(S(=O)(=O)Nc3ccc(Cl)cc3)ccc2OC)n1. The van der Waals surface area contributed by atoms with E-state index in [0.717, 1.165) is 6.42 Å². The van der Waals surface area contributed by atoms with Crippen molar-refractivity contribution in [1.29, 1.82) is 0 Å². The fourth-order valence-corrected chi connectivity index (χ4v) is 3.65. The first-order valence-corrected chi connectivity index (χ1v) is 10.1. The van der Waals surface area contributed by atoms with Crippen LogP contribution in [0.15, 0.2) is 51.9 Å². The van der Waals surface area contributed by atoms with Crippen molar-refractivity contribution in [2.24, 2.45) is 0 Å². The van der Waals surface area contributed by atoms with Crippen LogP contribution in [0.25, 0.3) is 11.5 Å². The summed E-state index contributed by atoms with van der Waals surface area (Å²) in [5, 5.41) is 4.42. The maximum Gasteiger partial charge on any atom is 0.261 e. The lowest BCUT2D eigenvalue weighted by atomic mass is 10.2. The van der Waals surface area contributed by atoms with Crippen molar-refractivity contribution < 1.29 is 17.7 Å². The van der Waals surface area contributed by atoms with Gasteiger partial charge in [-0.1, -0.05) is 23.7 Å². The van der Waals surface area contributed by atoms with Crippen LogP contribution in [0.5, 0.6) is 5.75 Å². The Kier molecular flexibility index (Phi) is 5.67. The van der Waals surface area contributed by atoms with E-state index in [2.05, 4.69) is 14.9 Å². The lowest BCUT2D eigenvalue weighted by Crippen LogP contribution is -2.13. The first kappa shape index (κ1) is 19.2. The minimum Gasteiger partial charge on any atom is -0.496 e. The number of hydrogen-bond donors (Lipinski definition) is 1. The molecule has 0 spiro atoms. The number of nitrogens with one attached hydrogen (secondary N) is 1. The summed E-state index contributed by atoms with van der Waals surface area (Å²) in [6.45, 7) is 2.01. The molecule has 0 aliphatic carbocycles. The average Bonchev–Trinajstić information content (AvgIpc) is 3.12.